The minimum atomic E-state index is -0.554. The molecular weight excluding hydrogens is 386 g/mol. The molecule has 0 saturated heterocycles. The van der Waals surface area contributed by atoms with Crippen LogP contribution >= 0.6 is 0 Å². The number of nitrogens with zero attached hydrogens (tertiary/aromatic N) is 3. The number of fused-ring (bicyclic) bond motifs is 2. The second kappa shape index (κ2) is 7.47. The van der Waals surface area contributed by atoms with E-state index in [4.69, 9.17) is 4.74 Å². The Morgan fingerprint density at radius 3 is 2.03 bits per heavy atom. The molecule has 0 spiro atoms. The van der Waals surface area contributed by atoms with Crippen LogP contribution in [0.3, 0.4) is 0 Å². The van der Waals surface area contributed by atoms with Crippen LogP contribution in [0.5, 0.6) is 0 Å². The quantitative estimate of drug-likeness (QED) is 0.377. The Hall–Kier alpha value is -3.94. The van der Waals surface area contributed by atoms with Gasteiger partial charge in [-0.15, -0.1) is 0 Å². The minimum Gasteiger partial charge on any atom is -0.458 e. The van der Waals surface area contributed by atoms with Gasteiger partial charge in [0.1, 0.15) is 13.2 Å². The molecule has 2 aromatic heterocycles. The van der Waals surface area contributed by atoms with Crippen LogP contribution in [0.4, 0.5) is 0 Å². The number of benzene rings is 2. The molecule has 8 nitrogen and oxygen atoms in total. The van der Waals surface area contributed by atoms with Crippen molar-refractivity contribution in [3.8, 4) is 0 Å². The Labute approximate surface area is 170 Å². The van der Waals surface area contributed by atoms with Gasteiger partial charge in [-0.25, -0.2) is 4.79 Å². The van der Waals surface area contributed by atoms with Gasteiger partial charge in [0.25, 0.3) is 5.56 Å². The van der Waals surface area contributed by atoms with Crippen molar-refractivity contribution in [1.82, 2.24) is 13.7 Å². The number of rotatable bonds is 4. The number of carbonyl (C=O) groups excluding carboxylic acids is 1. The summed E-state index contributed by atoms with van der Waals surface area (Å²) in [5.74, 6) is -0.554. The first-order valence-corrected chi connectivity index (χ1v) is 9.30. The van der Waals surface area contributed by atoms with E-state index in [0.717, 1.165) is 4.57 Å². The van der Waals surface area contributed by atoms with Crippen LogP contribution in [0.1, 0.15) is 5.69 Å². The van der Waals surface area contributed by atoms with Gasteiger partial charge in [-0.1, -0.05) is 24.3 Å². The van der Waals surface area contributed by atoms with E-state index in [1.165, 1.54) is 24.7 Å². The molecule has 30 heavy (non-hydrogen) atoms. The van der Waals surface area contributed by atoms with Crippen molar-refractivity contribution in [1.29, 1.82) is 0 Å². The van der Waals surface area contributed by atoms with E-state index in [0.29, 0.717) is 27.5 Å². The first kappa shape index (κ1) is 19.4. The second-order valence-corrected chi connectivity index (χ2v) is 6.98. The molecule has 2 heterocycles. The van der Waals surface area contributed by atoms with E-state index in [-0.39, 0.29) is 18.6 Å². The van der Waals surface area contributed by atoms with E-state index >= 15 is 0 Å². The molecule has 0 aliphatic rings. The summed E-state index contributed by atoms with van der Waals surface area (Å²) in [4.78, 5) is 49.3. The topological polar surface area (TPSA) is 92.3 Å². The number of pyridine rings is 1. The number of ether oxygens (including phenoxy) is 1. The maximum atomic E-state index is 12.8. The zero-order valence-corrected chi connectivity index (χ0v) is 16.5. The van der Waals surface area contributed by atoms with E-state index in [9.17, 15) is 19.2 Å². The van der Waals surface area contributed by atoms with Crippen LogP contribution in [0.15, 0.2) is 69.0 Å². The Morgan fingerprint density at radius 2 is 1.43 bits per heavy atom. The van der Waals surface area contributed by atoms with Crippen molar-refractivity contribution in [3.63, 3.8) is 0 Å². The molecule has 8 heteroatoms. The highest BCUT2D eigenvalue weighted by molar-refractivity contribution is 5.94. The molecule has 0 saturated carbocycles. The summed E-state index contributed by atoms with van der Waals surface area (Å²) in [6.45, 7) is -0.336. The average Bonchev–Trinajstić information content (AvgIpc) is 2.76. The molecular formula is C22H19N3O5. The number of hydrogen-bond donors (Lipinski definition) is 0. The van der Waals surface area contributed by atoms with Gasteiger partial charge in [-0.2, -0.15) is 0 Å². The summed E-state index contributed by atoms with van der Waals surface area (Å²) in [6, 6.07) is 15.4. The van der Waals surface area contributed by atoms with Gasteiger partial charge >= 0.3 is 11.7 Å². The molecule has 0 fully saturated rings. The first-order valence-electron chi connectivity index (χ1n) is 9.30. The van der Waals surface area contributed by atoms with E-state index in [2.05, 4.69) is 0 Å². The summed E-state index contributed by atoms with van der Waals surface area (Å²) >= 11 is 0. The number of hydrogen-bond acceptors (Lipinski definition) is 5. The van der Waals surface area contributed by atoms with Gasteiger partial charge in [-0.3, -0.25) is 23.5 Å². The summed E-state index contributed by atoms with van der Waals surface area (Å²) in [7, 11) is 2.89. The van der Waals surface area contributed by atoms with Crippen LogP contribution < -0.4 is 16.7 Å². The molecule has 0 atom stereocenters. The highest BCUT2D eigenvalue weighted by Crippen LogP contribution is 2.19. The Kier molecular flexibility index (Phi) is 4.83. The highest BCUT2D eigenvalue weighted by Gasteiger charge is 2.14. The molecule has 152 valence electrons. The minimum absolute atomic E-state index is 0.0963. The van der Waals surface area contributed by atoms with E-state index in [1.807, 2.05) is 0 Å². The molecule has 0 radical (unpaired) electrons. The Morgan fingerprint density at radius 1 is 0.867 bits per heavy atom. The Bertz CT molecular complexity index is 1420. The standard InChI is InChI=1S/C22H19N3O5/c1-23-14(11-19(26)24(2)22(23)29)13-30-20(27)12-25-17-9-5-3-7-15(17)21(28)16-8-4-6-10-18(16)25/h3-11H,12-13H2,1-2H3. The summed E-state index contributed by atoms with van der Waals surface area (Å²) in [5, 5.41) is 1.02. The highest BCUT2D eigenvalue weighted by atomic mass is 16.5. The lowest BCUT2D eigenvalue weighted by atomic mass is 10.1. The number of carbonyl (C=O) groups is 1. The van der Waals surface area contributed by atoms with Gasteiger partial charge in [0, 0.05) is 30.9 Å². The molecule has 4 aromatic rings. The van der Waals surface area contributed by atoms with Gasteiger partial charge < -0.3 is 9.30 Å². The zero-order valence-electron chi connectivity index (χ0n) is 16.5. The number of esters is 1. The lowest BCUT2D eigenvalue weighted by Crippen LogP contribution is -2.38. The first-order chi connectivity index (χ1) is 14.4. The molecule has 4 rings (SSSR count). The monoisotopic (exact) mass is 405 g/mol. The maximum absolute atomic E-state index is 12.8. The molecule has 2 aromatic carbocycles. The van der Waals surface area contributed by atoms with Gasteiger partial charge in [0.2, 0.25) is 0 Å². The zero-order chi connectivity index (χ0) is 21.4. The van der Waals surface area contributed by atoms with Crippen molar-refractivity contribution >= 4 is 27.8 Å². The summed E-state index contributed by atoms with van der Waals surface area (Å²) in [5.41, 5.74) is 0.484. The van der Waals surface area contributed by atoms with Crippen molar-refractivity contribution in [2.45, 2.75) is 13.2 Å². The summed E-state index contributed by atoms with van der Waals surface area (Å²) < 4.78 is 9.32. The van der Waals surface area contributed by atoms with Crippen LogP contribution in [0, 0.1) is 0 Å². The largest absolute Gasteiger partial charge is 0.458 e. The Balaban J connectivity index is 1.69. The third kappa shape index (κ3) is 3.22. The molecule has 0 bridgehead atoms. The average molecular weight is 405 g/mol. The number of aromatic nitrogens is 3. The lowest BCUT2D eigenvalue weighted by molar-refractivity contribution is -0.145. The van der Waals surface area contributed by atoms with Crippen molar-refractivity contribution in [3.05, 3.63) is 91.4 Å². The van der Waals surface area contributed by atoms with Gasteiger partial charge in [0.05, 0.1) is 16.7 Å². The normalized spacial score (nSPS) is 11.1. The fourth-order valence-corrected chi connectivity index (χ4v) is 3.49. The maximum Gasteiger partial charge on any atom is 0.330 e. The van der Waals surface area contributed by atoms with Crippen LogP contribution in [-0.2, 0) is 36.8 Å². The van der Waals surface area contributed by atoms with Gasteiger partial charge in [-0.05, 0) is 24.3 Å². The summed E-state index contributed by atoms with van der Waals surface area (Å²) in [6.07, 6.45) is 0. The van der Waals surface area contributed by atoms with E-state index in [1.54, 1.807) is 53.1 Å². The molecule has 0 aliphatic carbocycles. The SMILES string of the molecule is Cn1c(COC(=O)Cn2c3ccccc3c(=O)c3ccccc32)cc(=O)n(C)c1=O. The van der Waals surface area contributed by atoms with E-state index < -0.39 is 17.2 Å². The predicted molar refractivity (Wildman–Crippen MR) is 112 cm³/mol. The van der Waals surface area contributed by atoms with Crippen molar-refractivity contribution < 1.29 is 9.53 Å². The molecule has 0 unspecified atom stereocenters. The predicted octanol–water partition coefficient (Wildman–Crippen LogP) is 1.30. The van der Waals surface area contributed by atoms with Crippen LogP contribution in [0.25, 0.3) is 21.8 Å². The van der Waals surface area contributed by atoms with Crippen molar-refractivity contribution in [2.24, 2.45) is 14.1 Å². The second-order valence-electron chi connectivity index (χ2n) is 6.98. The van der Waals surface area contributed by atoms with Crippen molar-refractivity contribution in [2.75, 3.05) is 0 Å². The third-order valence-electron chi connectivity index (χ3n) is 5.17. The fraction of sp³-hybridized carbons (Fsp3) is 0.182. The fourth-order valence-electron chi connectivity index (χ4n) is 3.49. The molecule has 0 amide bonds. The molecule has 0 N–H and O–H groups in total. The molecule has 0 aliphatic heterocycles. The number of para-hydroxylation sites is 2. The van der Waals surface area contributed by atoms with Gasteiger partial charge in [0.15, 0.2) is 5.43 Å². The third-order valence-corrected chi connectivity index (χ3v) is 5.17. The van der Waals surface area contributed by atoms with Crippen LogP contribution in [0.2, 0.25) is 0 Å². The van der Waals surface area contributed by atoms with Crippen LogP contribution in [-0.4, -0.2) is 19.7 Å². The smallest absolute Gasteiger partial charge is 0.330 e. The lowest BCUT2D eigenvalue weighted by Gasteiger charge is -2.15.